The van der Waals surface area contributed by atoms with E-state index in [1.807, 2.05) is 0 Å². The molecule has 0 aromatic heterocycles. The summed E-state index contributed by atoms with van der Waals surface area (Å²) in [4.78, 5) is 12.6. The average Bonchev–Trinajstić information content (AvgIpc) is 2.87. The third-order valence-electron chi connectivity index (χ3n) is 9.72. The maximum absolute atomic E-state index is 12.6. The Morgan fingerprint density at radius 1 is 0.962 bits per heavy atom. The van der Waals surface area contributed by atoms with Gasteiger partial charge in [0.15, 0.2) is 0 Å². The number of Topliss-reactive ketones (excluding diaryl/α,β-unsaturated/α-hetero) is 1. The van der Waals surface area contributed by atoms with Crippen LogP contribution >= 0.6 is 15.9 Å². The van der Waals surface area contributed by atoms with Gasteiger partial charge in [-0.1, -0.05) is 36.2 Å². The highest BCUT2D eigenvalue weighted by atomic mass is 79.9. The van der Waals surface area contributed by atoms with Crippen LogP contribution in [-0.4, -0.2) is 21.8 Å². The lowest BCUT2D eigenvalue weighted by molar-refractivity contribution is -0.130. The van der Waals surface area contributed by atoms with Crippen LogP contribution in [0.5, 0.6) is 0 Å². The Balaban J connectivity index is 1.63. The first kappa shape index (κ1) is 19.4. The zero-order valence-corrected chi connectivity index (χ0v) is 18.5. The maximum atomic E-state index is 12.6. The van der Waals surface area contributed by atoms with Crippen LogP contribution < -0.4 is 0 Å². The molecular formula is C23H37BrO2. The van der Waals surface area contributed by atoms with Crippen molar-refractivity contribution in [2.45, 2.75) is 90.6 Å². The Morgan fingerprint density at radius 2 is 1.69 bits per heavy atom. The molecule has 3 heteroatoms. The fraction of sp³-hybridized carbons (Fsp3) is 0.957. The molecule has 148 valence electrons. The molecular weight excluding hydrogens is 388 g/mol. The molecule has 8 atom stereocenters. The zero-order chi connectivity index (χ0) is 18.7. The second-order valence-corrected chi connectivity index (χ2v) is 11.5. The highest BCUT2D eigenvalue weighted by Gasteiger charge is 2.60. The number of hydrogen-bond acceptors (Lipinski definition) is 2. The third-order valence-corrected chi connectivity index (χ3v) is 10.3. The van der Waals surface area contributed by atoms with Gasteiger partial charge in [-0.15, -0.1) is 0 Å². The normalized spacial score (nSPS) is 54.0. The molecule has 0 amide bonds. The Labute approximate surface area is 168 Å². The number of rotatable bonds is 2. The molecule has 2 nitrogen and oxygen atoms in total. The molecule has 0 heterocycles. The molecule has 4 saturated carbocycles. The third kappa shape index (κ3) is 2.86. The minimum absolute atomic E-state index is 0.238. The Kier molecular flexibility index (Phi) is 4.91. The highest BCUT2D eigenvalue weighted by Crippen LogP contribution is 2.66. The number of carbonyl (C=O) groups is 1. The first-order chi connectivity index (χ1) is 12.2. The number of halogens is 1. The van der Waals surface area contributed by atoms with E-state index in [9.17, 15) is 9.90 Å². The predicted octanol–water partition coefficient (Wildman–Crippen LogP) is 5.75. The van der Waals surface area contributed by atoms with Crippen LogP contribution in [0.4, 0.5) is 0 Å². The molecule has 4 aliphatic rings. The molecule has 4 aliphatic carbocycles. The van der Waals surface area contributed by atoms with Crippen molar-refractivity contribution in [3.8, 4) is 0 Å². The molecule has 0 bridgehead atoms. The maximum Gasteiger partial charge on any atom is 0.147 e. The quantitative estimate of drug-likeness (QED) is 0.572. The Bertz CT molecular complexity index is 573. The van der Waals surface area contributed by atoms with Gasteiger partial charge in [0.25, 0.3) is 0 Å². The van der Waals surface area contributed by atoms with Gasteiger partial charge in [-0.3, -0.25) is 4.79 Å². The van der Waals surface area contributed by atoms with E-state index in [2.05, 4.69) is 36.7 Å². The molecule has 26 heavy (non-hydrogen) atoms. The Hall–Kier alpha value is 0.110. The molecule has 0 saturated heterocycles. The average molecular weight is 425 g/mol. The first-order valence-corrected chi connectivity index (χ1v) is 12.1. The van der Waals surface area contributed by atoms with Crippen molar-refractivity contribution < 1.29 is 9.90 Å². The molecule has 0 spiro atoms. The number of hydrogen-bond donors (Lipinski definition) is 1. The molecule has 0 aromatic carbocycles. The van der Waals surface area contributed by atoms with Gasteiger partial charge < -0.3 is 5.11 Å². The van der Waals surface area contributed by atoms with Gasteiger partial charge in [0.2, 0.25) is 0 Å². The predicted molar refractivity (Wildman–Crippen MR) is 109 cm³/mol. The van der Waals surface area contributed by atoms with E-state index in [4.69, 9.17) is 0 Å². The molecule has 4 rings (SSSR count). The van der Waals surface area contributed by atoms with E-state index in [0.717, 1.165) is 37.0 Å². The van der Waals surface area contributed by atoms with Crippen molar-refractivity contribution in [3.63, 3.8) is 0 Å². The van der Waals surface area contributed by atoms with Crippen molar-refractivity contribution in [2.24, 2.45) is 40.4 Å². The number of aliphatic hydroxyl groups is 1. The minimum Gasteiger partial charge on any atom is -0.390 e. The number of ketones is 1. The topological polar surface area (TPSA) is 37.3 Å². The van der Waals surface area contributed by atoms with Crippen LogP contribution in [-0.2, 0) is 4.79 Å². The lowest BCUT2D eigenvalue weighted by Gasteiger charge is -2.57. The SMILES string of the molecule is CC12CCC3[C@H](CCC[C@H]4C[C@](C)(O)CC[C@]34C)[C@@H]1CC[C@@H]2C(=O)CBr. The standard InChI is InChI=1S/C23H37BrO2/c1-21(26)11-12-22(2)15(13-21)5-4-6-16-17-7-8-19(20(25)14-24)23(17,3)10-9-18(16)22/h15-19,26H,4-14H2,1-3H3/t15-,16+,17-,18?,19+,21+,22-,23?/m0/s1. The van der Waals surface area contributed by atoms with Crippen molar-refractivity contribution in [2.75, 3.05) is 5.33 Å². The number of carbonyl (C=O) groups excluding carboxylic acids is 1. The molecule has 0 radical (unpaired) electrons. The molecule has 4 fully saturated rings. The second kappa shape index (κ2) is 6.58. The fourth-order valence-electron chi connectivity index (χ4n) is 8.26. The van der Waals surface area contributed by atoms with Crippen LogP contribution in [0.3, 0.4) is 0 Å². The fourth-order valence-corrected chi connectivity index (χ4v) is 8.65. The smallest absolute Gasteiger partial charge is 0.147 e. The number of fused-ring (bicyclic) bond motifs is 5. The van der Waals surface area contributed by atoms with E-state index in [0.29, 0.717) is 22.4 Å². The van der Waals surface area contributed by atoms with Crippen LogP contribution in [0.1, 0.15) is 85.0 Å². The summed E-state index contributed by atoms with van der Waals surface area (Å²) >= 11 is 3.44. The van der Waals surface area contributed by atoms with Crippen molar-refractivity contribution in [1.29, 1.82) is 0 Å². The number of alkyl halides is 1. The monoisotopic (exact) mass is 424 g/mol. The van der Waals surface area contributed by atoms with E-state index in [-0.39, 0.29) is 11.3 Å². The first-order valence-electron chi connectivity index (χ1n) is 11.0. The van der Waals surface area contributed by atoms with Gasteiger partial charge in [0.1, 0.15) is 5.78 Å². The summed E-state index contributed by atoms with van der Waals surface area (Å²) in [6.45, 7) is 7.07. The van der Waals surface area contributed by atoms with Gasteiger partial charge in [-0.2, -0.15) is 0 Å². The van der Waals surface area contributed by atoms with Crippen LogP contribution in [0.25, 0.3) is 0 Å². The highest BCUT2D eigenvalue weighted by molar-refractivity contribution is 9.09. The molecule has 0 aromatic rings. The largest absolute Gasteiger partial charge is 0.390 e. The van der Waals surface area contributed by atoms with Crippen molar-refractivity contribution >= 4 is 21.7 Å². The Morgan fingerprint density at radius 3 is 2.42 bits per heavy atom. The van der Waals surface area contributed by atoms with Crippen LogP contribution in [0.2, 0.25) is 0 Å². The van der Waals surface area contributed by atoms with E-state index < -0.39 is 5.60 Å². The summed E-state index contributed by atoms with van der Waals surface area (Å²) in [5.74, 6) is 3.77. The summed E-state index contributed by atoms with van der Waals surface area (Å²) in [6, 6.07) is 0. The minimum atomic E-state index is -0.450. The van der Waals surface area contributed by atoms with E-state index in [1.165, 1.54) is 44.9 Å². The zero-order valence-electron chi connectivity index (χ0n) is 16.9. The van der Waals surface area contributed by atoms with Gasteiger partial charge in [0.05, 0.1) is 10.9 Å². The summed E-state index contributed by atoms with van der Waals surface area (Å²) in [5, 5.41) is 11.2. The van der Waals surface area contributed by atoms with E-state index >= 15 is 0 Å². The van der Waals surface area contributed by atoms with Crippen LogP contribution in [0.15, 0.2) is 0 Å². The van der Waals surface area contributed by atoms with Crippen molar-refractivity contribution in [3.05, 3.63) is 0 Å². The lowest BCUT2D eigenvalue weighted by Crippen LogP contribution is -2.51. The molecule has 2 unspecified atom stereocenters. The molecule has 0 aliphatic heterocycles. The summed E-state index contributed by atoms with van der Waals surface area (Å²) in [5.41, 5.74) is 0.193. The summed E-state index contributed by atoms with van der Waals surface area (Å²) < 4.78 is 0. The molecule has 1 N–H and O–H groups in total. The van der Waals surface area contributed by atoms with Gasteiger partial charge in [0, 0.05) is 5.92 Å². The lowest BCUT2D eigenvalue weighted by atomic mass is 9.48. The van der Waals surface area contributed by atoms with E-state index in [1.54, 1.807) is 0 Å². The van der Waals surface area contributed by atoms with Gasteiger partial charge in [-0.05, 0) is 99.2 Å². The van der Waals surface area contributed by atoms with Crippen molar-refractivity contribution in [1.82, 2.24) is 0 Å². The second-order valence-electron chi connectivity index (χ2n) is 11.0. The van der Waals surface area contributed by atoms with Gasteiger partial charge >= 0.3 is 0 Å². The van der Waals surface area contributed by atoms with Crippen LogP contribution in [0, 0.1) is 40.4 Å². The summed E-state index contributed by atoms with van der Waals surface area (Å²) in [7, 11) is 0. The van der Waals surface area contributed by atoms with Gasteiger partial charge in [-0.25, -0.2) is 0 Å². The summed E-state index contributed by atoms with van der Waals surface area (Å²) in [6.07, 6.45) is 12.1.